The summed E-state index contributed by atoms with van der Waals surface area (Å²) in [5.74, 6) is 1.66. The molecule has 0 aromatic heterocycles. The van der Waals surface area contributed by atoms with Crippen molar-refractivity contribution < 1.29 is 4.74 Å². The molecule has 0 saturated heterocycles. The van der Waals surface area contributed by atoms with Gasteiger partial charge in [0.25, 0.3) is 0 Å². The zero-order valence-corrected chi connectivity index (χ0v) is 13.6. The minimum absolute atomic E-state index is 0.493. The standard InChI is InChI=1S/C17H30N2O/c1-14(2)10-11-20-17-8-6-16(7-9-17)12-18-15(3)13-19(4)5/h6-9,14-15,18H,10-13H2,1-5H3. The van der Waals surface area contributed by atoms with E-state index in [1.807, 2.05) is 0 Å². The smallest absolute Gasteiger partial charge is 0.119 e. The zero-order chi connectivity index (χ0) is 15.0. The van der Waals surface area contributed by atoms with Crippen LogP contribution in [-0.4, -0.2) is 38.2 Å². The Balaban J connectivity index is 2.31. The van der Waals surface area contributed by atoms with Crippen LogP contribution in [0.5, 0.6) is 5.75 Å². The van der Waals surface area contributed by atoms with Crippen LogP contribution < -0.4 is 10.1 Å². The molecule has 1 unspecified atom stereocenters. The number of hydrogen-bond donors (Lipinski definition) is 1. The Morgan fingerprint density at radius 2 is 1.75 bits per heavy atom. The third kappa shape index (κ3) is 7.51. The molecule has 0 bridgehead atoms. The number of likely N-dealkylation sites (N-methyl/N-ethyl adjacent to an activating group) is 1. The molecule has 0 aliphatic rings. The van der Waals surface area contributed by atoms with E-state index in [1.165, 1.54) is 5.56 Å². The van der Waals surface area contributed by atoms with Gasteiger partial charge in [0, 0.05) is 19.1 Å². The molecule has 0 aliphatic heterocycles. The van der Waals surface area contributed by atoms with Gasteiger partial charge in [-0.1, -0.05) is 26.0 Å². The lowest BCUT2D eigenvalue weighted by Crippen LogP contribution is -2.35. The van der Waals surface area contributed by atoms with E-state index >= 15 is 0 Å². The molecule has 0 aliphatic carbocycles. The van der Waals surface area contributed by atoms with Crippen molar-refractivity contribution >= 4 is 0 Å². The van der Waals surface area contributed by atoms with Crippen molar-refractivity contribution in [2.45, 2.75) is 39.8 Å². The summed E-state index contributed by atoms with van der Waals surface area (Å²) in [5, 5.41) is 3.53. The highest BCUT2D eigenvalue weighted by molar-refractivity contribution is 5.27. The molecule has 0 fully saturated rings. The van der Waals surface area contributed by atoms with E-state index < -0.39 is 0 Å². The van der Waals surface area contributed by atoms with Gasteiger partial charge in [-0.05, 0) is 51.1 Å². The van der Waals surface area contributed by atoms with Gasteiger partial charge in [0.15, 0.2) is 0 Å². The molecule has 0 radical (unpaired) electrons. The summed E-state index contributed by atoms with van der Waals surface area (Å²) in [7, 11) is 4.20. The summed E-state index contributed by atoms with van der Waals surface area (Å²) < 4.78 is 5.72. The second kappa shape index (κ2) is 8.98. The normalized spacial score (nSPS) is 12.9. The number of rotatable bonds is 9. The lowest BCUT2D eigenvalue weighted by molar-refractivity contribution is 0.289. The van der Waals surface area contributed by atoms with Gasteiger partial charge in [-0.25, -0.2) is 0 Å². The molecular weight excluding hydrogens is 248 g/mol. The summed E-state index contributed by atoms with van der Waals surface area (Å²) >= 11 is 0. The average Bonchev–Trinajstić information content (AvgIpc) is 2.36. The third-order valence-corrected chi connectivity index (χ3v) is 3.18. The molecular formula is C17H30N2O. The van der Waals surface area contributed by atoms with Crippen molar-refractivity contribution in [3.05, 3.63) is 29.8 Å². The van der Waals surface area contributed by atoms with Crippen molar-refractivity contribution in [3.63, 3.8) is 0 Å². The van der Waals surface area contributed by atoms with E-state index in [1.54, 1.807) is 0 Å². The van der Waals surface area contributed by atoms with Gasteiger partial charge in [0.2, 0.25) is 0 Å². The minimum Gasteiger partial charge on any atom is -0.494 e. The van der Waals surface area contributed by atoms with Crippen LogP contribution in [0.1, 0.15) is 32.8 Å². The van der Waals surface area contributed by atoms with Crippen LogP contribution in [0.2, 0.25) is 0 Å². The molecule has 0 spiro atoms. The first-order valence-electron chi connectivity index (χ1n) is 7.57. The van der Waals surface area contributed by atoms with E-state index in [9.17, 15) is 0 Å². The van der Waals surface area contributed by atoms with Crippen LogP contribution in [0.3, 0.4) is 0 Å². The first-order chi connectivity index (χ1) is 9.47. The Labute approximate surface area is 124 Å². The van der Waals surface area contributed by atoms with E-state index in [0.717, 1.165) is 31.9 Å². The van der Waals surface area contributed by atoms with Crippen LogP contribution in [-0.2, 0) is 6.54 Å². The van der Waals surface area contributed by atoms with Gasteiger partial charge in [-0.2, -0.15) is 0 Å². The van der Waals surface area contributed by atoms with E-state index in [-0.39, 0.29) is 0 Å². The fourth-order valence-corrected chi connectivity index (χ4v) is 2.02. The third-order valence-electron chi connectivity index (χ3n) is 3.18. The molecule has 1 aromatic carbocycles. The number of ether oxygens (including phenoxy) is 1. The van der Waals surface area contributed by atoms with Gasteiger partial charge >= 0.3 is 0 Å². The Kier molecular flexibility index (Phi) is 7.63. The van der Waals surface area contributed by atoms with Crippen molar-refractivity contribution in [3.8, 4) is 5.75 Å². The second-order valence-corrected chi connectivity index (χ2v) is 6.22. The molecule has 1 aromatic rings. The molecule has 3 nitrogen and oxygen atoms in total. The molecule has 1 N–H and O–H groups in total. The predicted molar refractivity (Wildman–Crippen MR) is 86.2 cm³/mol. The summed E-state index contributed by atoms with van der Waals surface area (Å²) in [6.45, 7) is 9.40. The molecule has 1 rings (SSSR count). The first kappa shape index (κ1) is 17.0. The van der Waals surface area contributed by atoms with Crippen LogP contribution >= 0.6 is 0 Å². The van der Waals surface area contributed by atoms with Gasteiger partial charge in [-0.3, -0.25) is 0 Å². The highest BCUT2D eigenvalue weighted by Crippen LogP contribution is 2.13. The SMILES string of the molecule is CC(C)CCOc1ccc(CNC(C)CN(C)C)cc1. The van der Waals surface area contributed by atoms with Crippen molar-refractivity contribution in [1.82, 2.24) is 10.2 Å². The Bertz CT molecular complexity index is 360. The maximum Gasteiger partial charge on any atom is 0.119 e. The molecule has 0 amide bonds. The molecule has 0 heterocycles. The zero-order valence-electron chi connectivity index (χ0n) is 13.6. The number of nitrogens with one attached hydrogen (secondary N) is 1. The monoisotopic (exact) mass is 278 g/mol. The second-order valence-electron chi connectivity index (χ2n) is 6.22. The summed E-state index contributed by atoms with van der Waals surface area (Å²) in [6.07, 6.45) is 1.10. The largest absolute Gasteiger partial charge is 0.494 e. The van der Waals surface area contributed by atoms with Gasteiger partial charge < -0.3 is 15.0 Å². The summed E-state index contributed by atoms with van der Waals surface area (Å²) in [4.78, 5) is 2.20. The van der Waals surface area contributed by atoms with Crippen molar-refractivity contribution in [2.24, 2.45) is 5.92 Å². The van der Waals surface area contributed by atoms with Gasteiger partial charge in [0.1, 0.15) is 5.75 Å². The molecule has 0 saturated carbocycles. The quantitative estimate of drug-likeness (QED) is 0.751. The van der Waals surface area contributed by atoms with Gasteiger partial charge in [0.05, 0.1) is 6.61 Å². The summed E-state index contributed by atoms with van der Waals surface area (Å²) in [5.41, 5.74) is 1.30. The Morgan fingerprint density at radius 3 is 2.30 bits per heavy atom. The van der Waals surface area contributed by atoms with Crippen LogP contribution in [0.25, 0.3) is 0 Å². The maximum atomic E-state index is 5.72. The number of nitrogens with zero attached hydrogens (tertiary/aromatic N) is 1. The van der Waals surface area contributed by atoms with E-state index in [2.05, 4.69) is 69.3 Å². The van der Waals surface area contributed by atoms with E-state index in [4.69, 9.17) is 4.74 Å². The average molecular weight is 278 g/mol. The van der Waals surface area contributed by atoms with Crippen molar-refractivity contribution in [2.75, 3.05) is 27.2 Å². The van der Waals surface area contributed by atoms with Crippen molar-refractivity contribution in [1.29, 1.82) is 0 Å². The van der Waals surface area contributed by atoms with Crippen LogP contribution in [0.15, 0.2) is 24.3 Å². The molecule has 1 atom stereocenters. The molecule has 114 valence electrons. The van der Waals surface area contributed by atoms with Crippen LogP contribution in [0.4, 0.5) is 0 Å². The van der Waals surface area contributed by atoms with Gasteiger partial charge in [-0.15, -0.1) is 0 Å². The van der Waals surface area contributed by atoms with Crippen LogP contribution in [0, 0.1) is 5.92 Å². The molecule has 3 heteroatoms. The molecule has 20 heavy (non-hydrogen) atoms. The number of benzene rings is 1. The fourth-order valence-electron chi connectivity index (χ4n) is 2.02. The lowest BCUT2D eigenvalue weighted by atomic mass is 10.1. The van der Waals surface area contributed by atoms with E-state index in [0.29, 0.717) is 12.0 Å². The fraction of sp³-hybridized carbons (Fsp3) is 0.647. The minimum atomic E-state index is 0.493. The first-order valence-corrected chi connectivity index (χ1v) is 7.57. The lowest BCUT2D eigenvalue weighted by Gasteiger charge is -2.18. The summed E-state index contributed by atoms with van der Waals surface area (Å²) in [6, 6.07) is 8.90. The Morgan fingerprint density at radius 1 is 1.10 bits per heavy atom. The maximum absolute atomic E-state index is 5.72. The number of hydrogen-bond acceptors (Lipinski definition) is 3. The highest BCUT2D eigenvalue weighted by atomic mass is 16.5. The highest BCUT2D eigenvalue weighted by Gasteiger charge is 2.03. The topological polar surface area (TPSA) is 24.5 Å². The predicted octanol–water partition coefficient (Wildman–Crippen LogP) is 3.15. The Hall–Kier alpha value is -1.06.